The fourth-order valence-electron chi connectivity index (χ4n) is 1.06. The molecule has 0 radical (unpaired) electrons. The van der Waals surface area contributed by atoms with Crippen molar-refractivity contribution in [2.45, 2.75) is 5.03 Å². The fraction of sp³-hybridized carbons (Fsp3) is 0. The average molecular weight is 257 g/mol. The van der Waals surface area contributed by atoms with Crippen LogP contribution in [0.5, 0.6) is 0 Å². The van der Waals surface area contributed by atoms with E-state index < -0.39 is 0 Å². The van der Waals surface area contributed by atoms with Crippen LogP contribution in [0.1, 0.15) is 0 Å². The number of hydrogen-bond donors (Lipinski definition) is 2. The minimum atomic E-state index is 0. The van der Waals surface area contributed by atoms with Crippen LogP contribution in [0.25, 0.3) is 11.4 Å². The van der Waals surface area contributed by atoms with E-state index in [1.54, 1.807) is 6.20 Å². The normalized spacial score (nSPS) is 9.31. The van der Waals surface area contributed by atoms with Crippen molar-refractivity contribution in [3.63, 3.8) is 0 Å². The molecule has 0 bridgehead atoms. The van der Waals surface area contributed by atoms with Gasteiger partial charge in [-0.15, -0.1) is 12.6 Å². The molecule has 0 amide bonds. The van der Waals surface area contributed by atoms with Crippen LogP contribution in [0.4, 0.5) is 0 Å². The summed E-state index contributed by atoms with van der Waals surface area (Å²) in [6.07, 6.45) is 1.77. The monoisotopic (exact) mass is 258 g/mol. The SMILES string of the molecule is Sc1c[nH]c(-c2ccccc2)n1.[SeH2]. The predicted molar refractivity (Wildman–Crippen MR) is 59.8 cm³/mol. The molecule has 2 aromatic rings. The molecule has 0 saturated carbocycles. The van der Waals surface area contributed by atoms with Crippen LogP contribution in [-0.2, 0) is 0 Å². The van der Waals surface area contributed by atoms with Gasteiger partial charge in [-0.25, -0.2) is 4.98 Å². The van der Waals surface area contributed by atoms with Gasteiger partial charge in [0, 0.05) is 11.8 Å². The molecule has 0 atom stereocenters. The Kier molecular flexibility index (Phi) is 3.60. The first-order valence-corrected chi connectivity index (χ1v) is 4.11. The number of H-pyrrole nitrogens is 1. The summed E-state index contributed by atoms with van der Waals surface area (Å²) < 4.78 is 0. The van der Waals surface area contributed by atoms with E-state index in [0.29, 0.717) is 5.03 Å². The summed E-state index contributed by atoms with van der Waals surface area (Å²) in [6.45, 7) is 0. The van der Waals surface area contributed by atoms with Crippen LogP contribution in [0.2, 0.25) is 0 Å². The predicted octanol–water partition coefficient (Wildman–Crippen LogP) is 1.45. The summed E-state index contributed by atoms with van der Waals surface area (Å²) in [5.41, 5.74) is 1.08. The number of rotatable bonds is 1. The van der Waals surface area contributed by atoms with Gasteiger partial charge in [0.15, 0.2) is 0 Å². The Hall–Kier alpha value is -0.701. The molecule has 0 fully saturated rings. The van der Waals surface area contributed by atoms with E-state index in [1.165, 1.54) is 0 Å². The maximum atomic E-state index is 4.19. The first-order valence-electron chi connectivity index (χ1n) is 3.66. The van der Waals surface area contributed by atoms with Crippen molar-refractivity contribution in [3.05, 3.63) is 36.5 Å². The van der Waals surface area contributed by atoms with Gasteiger partial charge in [-0.3, -0.25) is 0 Å². The molecule has 0 aliphatic heterocycles. The van der Waals surface area contributed by atoms with E-state index >= 15 is 0 Å². The van der Waals surface area contributed by atoms with Crippen LogP contribution in [0, 0.1) is 0 Å². The number of benzene rings is 1. The van der Waals surface area contributed by atoms with E-state index in [4.69, 9.17) is 0 Å². The molecular weight excluding hydrogens is 247 g/mol. The summed E-state index contributed by atoms with van der Waals surface area (Å²) in [6, 6.07) is 9.96. The molecule has 13 heavy (non-hydrogen) atoms. The van der Waals surface area contributed by atoms with Crippen LogP contribution < -0.4 is 0 Å². The van der Waals surface area contributed by atoms with E-state index in [0.717, 1.165) is 11.4 Å². The number of nitrogens with one attached hydrogen (secondary N) is 1. The van der Waals surface area contributed by atoms with Gasteiger partial charge >= 0.3 is 17.1 Å². The number of thiol groups is 1. The van der Waals surface area contributed by atoms with Gasteiger partial charge in [0.25, 0.3) is 0 Å². The van der Waals surface area contributed by atoms with Crippen molar-refractivity contribution >= 4 is 29.7 Å². The number of aromatic amines is 1. The quantitative estimate of drug-likeness (QED) is 0.587. The van der Waals surface area contributed by atoms with Gasteiger partial charge in [0.2, 0.25) is 0 Å². The standard InChI is InChI=1S/C9H8N2S.H2Se/c12-8-6-10-9(11-8)7-4-2-1-3-5-7;/h1-6,12H,(H,10,11);1H2. The van der Waals surface area contributed by atoms with Crippen LogP contribution >= 0.6 is 12.6 Å². The number of aromatic nitrogens is 2. The summed E-state index contributed by atoms with van der Waals surface area (Å²) in [5, 5.41) is 0.717. The summed E-state index contributed by atoms with van der Waals surface area (Å²) in [5.74, 6) is 0.862. The molecule has 0 unspecified atom stereocenters. The third-order valence-corrected chi connectivity index (χ3v) is 1.84. The summed E-state index contributed by atoms with van der Waals surface area (Å²) >= 11 is 4.11. The van der Waals surface area contributed by atoms with Gasteiger partial charge in [-0.1, -0.05) is 30.3 Å². The number of imidazole rings is 1. The molecule has 2 rings (SSSR count). The first-order chi connectivity index (χ1) is 5.86. The zero-order valence-corrected chi connectivity index (χ0v) is 9.85. The van der Waals surface area contributed by atoms with E-state index in [2.05, 4.69) is 22.6 Å². The molecule has 0 saturated heterocycles. The van der Waals surface area contributed by atoms with E-state index in [1.807, 2.05) is 30.3 Å². The summed E-state index contributed by atoms with van der Waals surface area (Å²) in [7, 11) is 0. The van der Waals surface area contributed by atoms with Gasteiger partial charge in [0.1, 0.15) is 10.9 Å². The summed E-state index contributed by atoms with van der Waals surface area (Å²) in [4.78, 5) is 7.22. The van der Waals surface area contributed by atoms with Gasteiger partial charge < -0.3 is 4.98 Å². The van der Waals surface area contributed by atoms with E-state index in [9.17, 15) is 0 Å². The number of nitrogens with zero attached hydrogens (tertiary/aromatic N) is 1. The van der Waals surface area contributed by atoms with Crippen molar-refractivity contribution < 1.29 is 0 Å². The topological polar surface area (TPSA) is 28.7 Å². The molecule has 4 heteroatoms. The third-order valence-electron chi connectivity index (χ3n) is 1.61. The van der Waals surface area contributed by atoms with Crippen molar-refractivity contribution in [3.8, 4) is 11.4 Å². The first kappa shape index (κ1) is 10.4. The molecule has 0 spiro atoms. The van der Waals surface area contributed by atoms with Crippen molar-refractivity contribution in [1.29, 1.82) is 0 Å². The third kappa shape index (κ3) is 2.37. The Labute approximate surface area is 92.7 Å². The second-order valence-corrected chi connectivity index (χ2v) is 2.93. The Morgan fingerprint density at radius 3 is 2.38 bits per heavy atom. The van der Waals surface area contributed by atoms with Crippen molar-refractivity contribution in [2.24, 2.45) is 0 Å². The second kappa shape index (κ2) is 4.51. The average Bonchev–Trinajstić information content (AvgIpc) is 2.54. The molecule has 68 valence electrons. The molecule has 2 nitrogen and oxygen atoms in total. The van der Waals surface area contributed by atoms with E-state index in [-0.39, 0.29) is 17.1 Å². The zero-order valence-electron chi connectivity index (χ0n) is 6.86. The molecule has 0 aliphatic rings. The second-order valence-electron chi connectivity index (χ2n) is 2.47. The van der Waals surface area contributed by atoms with Crippen LogP contribution in [0.15, 0.2) is 41.6 Å². The Bertz CT molecular complexity index is 372. The number of hydrogen-bond acceptors (Lipinski definition) is 2. The van der Waals surface area contributed by atoms with Gasteiger partial charge in [0.05, 0.1) is 0 Å². The fourth-order valence-corrected chi connectivity index (χ4v) is 1.22. The molecular formula is C9H10N2SSe. The molecule has 1 aromatic heterocycles. The van der Waals surface area contributed by atoms with Crippen LogP contribution in [0.3, 0.4) is 0 Å². The van der Waals surface area contributed by atoms with Crippen LogP contribution in [-0.4, -0.2) is 27.0 Å². The zero-order chi connectivity index (χ0) is 8.39. The Balaban J connectivity index is 0.000000845. The van der Waals surface area contributed by atoms with Crippen molar-refractivity contribution in [2.75, 3.05) is 0 Å². The van der Waals surface area contributed by atoms with Gasteiger partial charge in [-0.2, -0.15) is 0 Å². The van der Waals surface area contributed by atoms with Gasteiger partial charge in [-0.05, 0) is 0 Å². The maximum absolute atomic E-state index is 4.19. The molecule has 1 heterocycles. The Morgan fingerprint density at radius 2 is 1.85 bits per heavy atom. The minimum absolute atomic E-state index is 0. The molecule has 1 aromatic carbocycles. The van der Waals surface area contributed by atoms with Crippen molar-refractivity contribution in [1.82, 2.24) is 9.97 Å². The Morgan fingerprint density at radius 1 is 1.15 bits per heavy atom. The molecule has 0 aliphatic carbocycles. The molecule has 1 N–H and O–H groups in total.